The summed E-state index contributed by atoms with van der Waals surface area (Å²) in [5.41, 5.74) is 0.999. The van der Waals surface area contributed by atoms with Gasteiger partial charge in [-0.25, -0.2) is 0 Å². The van der Waals surface area contributed by atoms with Crippen LogP contribution in [0, 0.1) is 10.1 Å². The highest BCUT2D eigenvalue weighted by molar-refractivity contribution is 5.29. The van der Waals surface area contributed by atoms with Crippen LogP contribution in [0.1, 0.15) is 30.9 Å². The first-order valence-electron chi connectivity index (χ1n) is 6.70. The topological polar surface area (TPSA) is 55.6 Å². The fourth-order valence-corrected chi connectivity index (χ4v) is 2.63. The first-order valence-corrected chi connectivity index (χ1v) is 6.70. The Hall–Kier alpha value is -1.62. The highest BCUT2D eigenvalue weighted by Gasteiger charge is 2.26. The van der Waals surface area contributed by atoms with Crippen LogP contribution in [0.4, 0.5) is 0 Å². The van der Waals surface area contributed by atoms with Gasteiger partial charge in [-0.1, -0.05) is 18.6 Å². The van der Waals surface area contributed by atoms with Gasteiger partial charge in [-0.05, 0) is 43.6 Å². The summed E-state index contributed by atoms with van der Waals surface area (Å²) in [4.78, 5) is 12.9. The van der Waals surface area contributed by atoms with Crippen molar-refractivity contribution < 1.29 is 9.66 Å². The molecule has 1 aliphatic heterocycles. The Kier molecular flexibility index (Phi) is 4.74. The first-order chi connectivity index (χ1) is 9.20. The lowest BCUT2D eigenvalue weighted by molar-refractivity contribution is -0.488. The standard InChI is InChI=1S/C14H20N2O3/c1-19-13-7-5-12(6-8-13)14(11-16(17)18)15-9-3-2-4-10-15/h5-8,14H,2-4,9-11H2,1H3. The van der Waals surface area contributed by atoms with Gasteiger partial charge in [0.05, 0.1) is 7.11 Å². The van der Waals surface area contributed by atoms with Gasteiger partial charge in [-0.15, -0.1) is 0 Å². The molecule has 1 aromatic rings. The van der Waals surface area contributed by atoms with E-state index >= 15 is 0 Å². The summed E-state index contributed by atoms with van der Waals surface area (Å²) in [7, 11) is 1.62. The minimum atomic E-state index is -0.219. The number of hydrogen-bond donors (Lipinski definition) is 0. The molecule has 0 spiro atoms. The lowest BCUT2D eigenvalue weighted by Crippen LogP contribution is -2.37. The molecule has 0 N–H and O–H groups in total. The molecule has 5 heteroatoms. The fourth-order valence-electron chi connectivity index (χ4n) is 2.63. The molecule has 0 aliphatic carbocycles. The van der Waals surface area contributed by atoms with Gasteiger partial charge in [-0.3, -0.25) is 15.0 Å². The summed E-state index contributed by atoms with van der Waals surface area (Å²) in [6, 6.07) is 7.47. The van der Waals surface area contributed by atoms with E-state index in [0.29, 0.717) is 0 Å². The zero-order valence-corrected chi connectivity index (χ0v) is 11.2. The zero-order valence-electron chi connectivity index (χ0n) is 11.2. The third-order valence-corrected chi connectivity index (χ3v) is 3.65. The summed E-state index contributed by atoms with van der Waals surface area (Å²) in [5.74, 6) is 0.780. The average Bonchev–Trinajstić information content (AvgIpc) is 2.46. The molecule has 0 aromatic heterocycles. The highest BCUT2D eigenvalue weighted by atomic mass is 16.6. The quantitative estimate of drug-likeness (QED) is 0.605. The number of methoxy groups -OCH3 is 1. The molecular weight excluding hydrogens is 244 g/mol. The second-order valence-corrected chi connectivity index (χ2v) is 4.90. The number of nitro groups is 1. The minimum absolute atomic E-state index is 0.0354. The van der Waals surface area contributed by atoms with E-state index in [4.69, 9.17) is 4.74 Å². The average molecular weight is 264 g/mol. The number of rotatable bonds is 5. The van der Waals surface area contributed by atoms with Crippen molar-refractivity contribution in [2.75, 3.05) is 26.7 Å². The number of ether oxygens (including phenoxy) is 1. The lowest BCUT2D eigenvalue weighted by atomic mass is 10.0. The number of benzene rings is 1. The maximum Gasteiger partial charge on any atom is 0.223 e. The second-order valence-electron chi connectivity index (χ2n) is 4.90. The molecule has 1 aromatic carbocycles. The Morgan fingerprint density at radius 3 is 2.42 bits per heavy atom. The van der Waals surface area contributed by atoms with E-state index in [9.17, 15) is 10.1 Å². The molecule has 2 rings (SSSR count). The van der Waals surface area contributed by atoms with E-state index in [1.165, 1.54) is 6.42 Å². The smallest absolute Gasteiger partial charge is 0.223 e. The molecule has 0 saturated carbocycles. The summed E-state index contributed by atoms with van der Waals surface area (Å²) < 4.78 is 5.13. The Bertz CT molecular complexity index is 413. The van der Waals surface area contributed by atoms with Crippen molar-refractivity contribution >= 4 is 0 Å². The van der Waals surface area contributed by atoms with Crippen molar-refractivity contribution in [2.24, 2.45) is 0 Å². The van der Waals surface area contributed by atoms with Crippen molar-refractivity contribution in [3.8, 4) is 5.75 Å². The van der Waals surface area contributed by atoms with Crippen molar-refractivity contribution in [2.45, 2.75) is 25.3 Å². The summed E-state index contributed by atoms with van der Waals surface area (Å²) in [6.07, 6.45) is 3.49. The molecule has 1 aliphatic rings. The molecule has 1 atom stereocenters. The Balaban J connectivity index is 2.17. The summed E-state index contributed by atoms with van der Waals surface area (Å²) in [6.45, 7) is 1.86. The molecular formula is C14H20N2O3. The van der Waals surface area contributed by atoms with E-state index in [2.05, 4.69) is 4.90 Å². The van der Waals surface area contributed by atoms with Crippen molar-refractivity contribution in [1.82, 2.24) is 4.90 Å². The van der Waals surface area contributed by atoms with E-state index in [0.717, 1.165) is 37.2 Å². The predicted molar refractivity (Wildman–Crippen MR) is 73.0 cm³/mol. The number of piperidine rings is 1. The molecule has 5 nitrogen and oxygen atoms in total. The third-order valence-electron chi connectivity index (χ3n) is 3.65. The minimum Gasteiger partial charge on any atom is -0.497 e. The second kappa shape index (κ2) is 6.52. The van der Waals surface area contributed by atoms with Crippen molar-refractivity contribution in [3.63, 3.8) is 0 Å². The highest BCUT2D eigenvalue weighted by Crippen LogP contribution is 2.26. The van der Waals surface area contributed by atoms with Gasteiger partial charge < -0.3 is 4.74 Å². The zero-order chi connectivity index (χ0) is 13.7. The van der Waals surface area contributed by atoms with Crippen LogP contribution in [0.3, 0.4) is 0 Å². The third kappa shape index (κ3) is 3.67. The number of hydrogen-bond acceptors (Lipinski definition) is 4. The SMILES string of the molecule is COc1ccc(C(C[N+](=O)[O-])N2CCCCC2)cc1. The van der Waals surface area contributed by atoms with E-state index in [1.54, 1.807) is 7.11 Å². The van der Waals surface area contributed by atoms with Gasteiger partial charge >= 0.3 is 0 Å². The van der Waals surface area contributed by atoms with Crippen molar-refractivity contribution in [1.29, 1.82) is 0 Å². The number of likely N-dealkylation sites (tertiary alicyclic amines) is 1. The van der Waals surface area contributed by atoms with Crippen LogP contribution in [-0.2, 0) is 0 Å². The molecule has 0 radical (unpaired) electrons. The van der Waals surface area contributed by atoms with Crippen LogP contribution in [-0.4, -0.2) is 36.6 Å². The molecule has 0 amide bonds. The van der Waals surface area contributed by atoms with Gasteiger partial charge in [0.1, 0.15) is 11.8 Å². The molecule has 1 heterocycles. The van der Waals surface area contributed by atoms with Crippen LogP contribution < -0.4 is 4.74 Å². The maximum atomic E-state index is 10.9. The largest absolute Gasteiger partial charge is 0.497 e. The fraction of sp³-hybridized carbons (Fsp3) is 0.571. The predicted octanol–water partition coefficient (Wildman–Crippen LogP) is 2.50. The Morgan fingerprint density at radius 2 is 1.89 bits per heavy atom. The van der Waals surface area contributed by atoms with E-state index < -0.39 is 0 Å². The van der Waals surface area contributed by atoms with E-state index in [1.807, 2.05) is 24.3 Å². The lowest BCUT2D eigenvalue weighted by Gasteiger charge is -2.32. The molecule has 1 unspecified atom stereocenters. The van der Waals surface area contributed by atoms with Gasteiger partial charge in [0, 0.05) is 4.92 Å². The van der Waals surface area contributed by atoms with Crippen LogP contribution >= 0.6 is 0 Å². The molecule has 104 valence electrons. The van der Waals surface area contributed by atoms with Gasteiger partial charge in [-0.2, -0.15) is 0 Å². The van der Waals surface area contributed by atoms with Gasteiger partial charge in [0.2, 0.25) is 6.54 Å². The van der Waals surface area contributed by atoms with Crippen LogP contribution in [0.2, 0.25) is 0 Å². The van der Waals surface area contributed by atoms with Crippen LogP contribution in [0.15, 0.2) is 24.3 Å². The molecule has 1 fully saturated rings. The maximum absolute atomic E-state index is 10.9. The van der Waals surface area contributed by atoms with Crippen molar-refractivity contribution in [3.05, 3.63) is 39.9 Å². The van der Waals surface area contributed by atoms with Gasteiger partial charge in [0.15, 0.2) is 0 Å². The molecule has 19 heavy (non-hydrogen) atoms. The van der Waals surface area contributed by atoms with Gasteiger partial charge in [0.25, 0.3) is 0 Å². The summed E-state index contributed by atoms with van der Waals surface area (Å²) >= 11 is 0. The van der Waals surface area contributed by atoms with Crippen LogP contribution in [0.5, 0.6) is 5.75 Å². The normalized spacial score (nSPS) is 17.9. The Labute approximate surface area is 113 Å². The molecule has 0 bridgehead atoms. The van der Waals surface area contributed by atoms with Crippen LogP contribution in [0.25, 0.3) is 0 Å². The monoisotopic (exact) mass is 264 g/mol. The van der Waals surface area contributed by atoms with E-state index in [-0.39, 0.29) is 17.5 Å². The first kappa shape index (κ1) is 13.8. The summed E-state index contributed by atoms with van der Waals surface area (Å²) in [5, 5.41) is 10.9. The Morgan fingerprint density at radius 1 is 1.26 bits per heavy atom. The number of nitrogens with zero attached hydrogens (tertiary/aromatic N) is 2. The molecule has 1 saturated heterocycles.